The van der Waals surface area contributed by atoms with Gasteiger partial charge in [-0.3, -0.25) is 19.9 Å². The van der Waals surface area contributed by atoms with Gasteiger partial charge in [0, 0.05) is 35.9 Å². The molecule has 0 amide bonds. The lowest BCUT2D eigenvalue weighted by atomic mass is 9.92. The number of carbonyl (C=O) groups is 2. The van der Waals surface area contributed by atoms with Crippen molar-refractivity contribution in [3.05, 3.63) is 117 Å². The summed E-state index contributed by atoms with van der Waals surface area (Å²) < 4.78 is 0. The van der Waals surface area contributed by atoms with E-state index in [-0.39, 0.29) is 25.7 Å². The first-order valence-corrected chi connectivity index (χ1v) is 15.5. The quantitative estimate of drug-likeness (QED) is 0.148. The van der Waals surface area contributed by atoms with Gasteiger partial charge in [-0.1, -0.05) is 12.7 Å². The van der Waals surface area contributed by atoms with Gasteiger partial charge in [0.05, 0.1) is 46.5 Å². The number of aliphatic carboxylic acids is 2. The lowest BCUT2D eigenvalue weighted by Crippen LogP contribution is -2.29. The lowest BCUT2D eigenvalue weighted by Gasteiger charge is -2.21. The molecule has 5 aliphatic heterocycles. The molecule has 5 rings (SSSR count). The molecule has 0 saturated carbocycles. The van der Waals surface area contributed by atoms with E-state index in [4.69, 9.17) is 19.8 Å². The topological polar surface area (TPSA) is 165 Å². The number of fused-ring (bicyclic) bond motifs is 5. The highest BCUT2D eigenvalue weighted by Gasteiger charge is 2.39. The van der Waals surface area contributed by atoms with Crippen LogP contribution in [0.15, 0.2) is 132 Å². The molecule has 8 bridgehead atoms. The first kappa shape index (κ1) is 33.2. The number of carboxylic acid groups (broad SMARTS) is 2. The summed E-state index contributed by atoms with van der Waals surface area (Å²) >= 11 is 0. The molecule has 0 radical (unpaired) electrons. The molecule has 1 unspecified atom stereocenters. The normalized spacial score (nSPS) is 22.2. The summed E-state index contributed by atoms with van der Waals surface area (Å²) in [6.45, 7) is 13.7. The van der Waals surface area contributed by atoms with Crippen LogP contribution in [0.2, 0.25) is 0 Å². The van der Waals surface area contributed by atoms with Crippen molar-refractivity contribution in [2.75, 3.05) is 6.61 Å². The molecule has 0 fully saturated rings. The van der Waals surface area contributed by atoms with Crippen LogP contribution in [0.1, 0.15) is 60.3 Å². The molecule has 11 nitrogen and oxygen atoms in total. The Hall–Kier alpha value is -5.13. The predicted molar refractivity (Wildman–Crippen MR) is 181 cm³/mol. The fraction of sp³-hybridized carbons (Fsp3) is 0.306. The standard InChI is InChI=1S/C36H39N5O6/c1-7-22-19(3)26-15-27-20(4)23(9-11-34(42)43)29(38-27)17-30-24(10-12-35(44)45)21(5)28(39-30)16-32-25(13-14-37-47-8-2)36(6,46)33(41-32)18-31(22)40-26/h7,13-18,37,41,46H,1,8-12H2,2-6H3,(H,42,43)(H,44,45)/b14-13+,26-15?,28-16?,29-17?,33-18?. The Morgan fingerprint density at radius 2 is 1.51 bits per heavy atom. The smallest absolute Gasteiger partial charge is 0.303 e. The number of allylic oxidation sites excluding steroid dienone is 11. The lowest BCUT2D eigenvalue weighted by molar-refractivity contribution is -0.137. The number of hydrogen-bond acceptors (Lipinski definition) is 9. The molecule has 5 N–H and O–H groups in total. The van der Waals surface area contributed by atoms with E-state index >= 15 is 0 Å². The number of aliphatic imine (C=N–C) groups is 3. The maximum absolute atomic E-state index is 11.9. The van der Waals surface area contributed by atoms with E-state index < -0.39 is 17.5 Å². The molecule has 0 aromatic carbocycles. The van der Waals surface area contributed by atoms with E-state index in [1.54, 1.807) is 31.4 Å². The van der Waals surface area contributed by atoms with Gasteiger partial charge in [-0.25, -0.2) is 15.0 Å². The second kappa shape index (κ2) is 13.3. The molecule has 0 aliphatic carbocycles. The minimum absolute atomic E-state index is 0.0780. The fourth-order valence-corrected chi connectivity index (χ4v) is 6.05. The van der Waals surface area contributed by atoms with Gasteiger partial charge >= 0.3 is 11.9 Å². The molecule has 11 heteroatoms. The van der Waals surface area contributed by atoms with Gasteiger partial charge in [0.1, 0.15) is 5.60 Å². The zero-order valence-electron chi connectivity index (χ0n) is 27.2. The molecule has 0 aromatic heterocycles. The highest BCUT2D eigenvalue weighted by atomic mass is 16.6. The minimum Gasteiger partial charge on any atom is -0.481 e. The summed E-state index contributed by atoms with van der Waals surface area (Å²) in [4.78, 5) is 43.3. The van der Waals surface area contributed by atoms with Crippen LogP contribution < -0.4 is 10.8 Å². The van der Waals surface area contributed by atoms with Crippen LogP contribution in [0.3, 0.4) is 0 Å². The molecule has 0 saturated heterocycles. The molecule has 1 atom stereocenters. The van der Waals surface area contributed by atoms with Crippen LogP contribution in [0.5, 0.6) is 0 Å². The van der Waals surface area contributed by atoms with Crippen LogP contribution >= 0.6 is 0 Å². The third-order valence-electron chi connectivity index (χ3n) is 8.72. The van der Waals surface area contributed by atoms with Crippen molar-refractivity contribution in [1.82, 2.24) is 10.8 Å². The number of rotatable bonds is 11. The average molecular weight is 638 g/mol. The van der Waals surface area contributed by atoms with Crippen molar-refractivity contribution in [1.29, 1.82) is 0 Å². The Morgan fingerprint density at radius 1 is 0.894 bits per heavy atom. The highest BCUT2D eigenvalue weighted by Crippen LogP contribution is 2.40. The first-order chi connectivity index (χ1) is 22.3. The van der Waals surface area contributed by atoms with Crippen molar-refractivity contribution in [3.8, 4) is 0 Å². The summed E-state index contributed by atoms with van der Waals surface area (Å²) in [7, 11) is 0. The maximum Gasteiger partial charge on any atom is 0.303 e. The Balaban J connectivity index is 1.78. The monoisotopic (exact) mass is 637 g/mol. The van der Waals surface area contributed by atoms with Gasteiger partial charge in [0.25, 0.3) is 0 Å². The molecule has 244 valence electrons. The van der Waals surface area contributed by atoms with Gasteiger partial charge in [-0.05, 0) is 106 Å². The van der Waals surface area contributed by atoms with Crippen LogP contribution in [-0.4, -0.2) is 56.6 Å². The maximum atomic E-state index is 11.9. The Bertz CT molecular complexity index is 1850. The van der Waals surface area contributed by atoms with Crippen molar-refractivity contribution in [2.24, 2.45) is 15.0 Å². The fourth-order valence-electron chi connectivity index (χ4n) is 6.05. The molecule has 47 heavy (non-hydrogen) atoms. The van der Waals surface area contributed by atoms with E-state index in [0.717, 1.165) is 33.4 Å². The summed E-state index contributed by atoms with van der Waals surface area (Å²) in [5.41, 5.74) is 11.4. The summed E-state index contributed by atoms with van der Waals surface area (Å²) in [5.74, 6) is -1.85. The largest absolute Gasteiger partial charge is 0.481 e. The summed E-state index contributed by atoms with van der Waals surface area (Å²) in [6.07, 6.45) is 12.7. The third-order valence-corrected chi connectivity index (χ3v) is 8.72. The van der Waals surface area contributed by atoms with Crippen LogP contribution in [-0.2, 0) is 14.4 Å². The molecular formula is C36H39N5O6. The zero-order valence-corrected chi connectivity index (χ0v) is 27.2. The number of hydroxylamine groups is 1. The highest BCUT2D eigenvalue weighted by molar-refractivity contribution is 6.18. The SMILES string of the molecule is C=CC1=C(C)C2=CC3=NC(=CC4=NC(=CC5=C(/C=C/NOCC)C(C)(O)C(=CC1=N2)N5)C(C)=C4CCC(=O)O)C(CCC(=O)O)=C3C. The number of hydrogen-bond donors (Lipinski definition) is 5. The van der Waals surface area contributed by atoms with Crippen LogP contribution in [0.25, 0.3) is 0 Å². The first-order valence-electron chi connectivity index (χ1n) is 15.5. The Kier molecular flexibility index (Phi) is 9.41. The number of carboxylic acids is 2. The van der Waals surface area contributed by atoms with E-state index in [2.05, 4.69) is 17.4 Å². The molecule has 5 heterocycles. The number of nitrogens with zero attached hydrogens (tertiary/aromatic N) is 3. The van der Waals surface area contributed by atoms with E-state index in [9.17, 15) is 24.9 Å². The minimum atomic E-state index is -1.46. The van der Waals surface area contributed by atoms with Crippen molar-refractivity contribution in [2.45, 2.75) is 65.9 Å². The Labute approximate surface area is 273 Å². The van der Waals surface area contributed by atoms with Crippen molar-refractivity contribution < 1.29 is 29.7 Å². The summed E-state index contributed by atoms with van der Waals surface area (Å²) in [6, 6.07) is 0. The van der Waals surface area contributed by atoms with Crippen LogP contribution in [0, 0.1) is 0 Å². The summed E-state index contributed by atoms with van der Waals surface area (Å²) in [5, 5.41) is 34.3. The molecular weight excluding hydrogens is 598 g/mol. The second-order valence-corrected chi connectivity index (χ2v) is 11.8. The van der Waals surface area contributed by atoms with Crippen LogP contribution in [0.4, 0.5) is 0 Å². The van der Waals surface area contributed by atoms with Gasteiger partial charge in [0.2, 0.25) is 0 Å². The van der Waals surface area contributed by atoms with Gasteiger partial charge in [-0.15, -0.1) is 0 Å². The van der Waals surface area contributed by atoms with Gasteiger partial charge < -0.3 is 20.6 Å². The Morgan fingerprint density at radius 3 is 2.17 bits per heavy atom. The van der Waals surface area contributed by atoms with Gasteiger partial charge in [-0.2, -0.15) is 0 Å². The average Bonchev–Trinajstić information content (AvgIpc) is 3.64. The molecule has 5 aliphatic rings. The second-order valence-electron chi connectivity index (χ2n) is 11.8. The number of aliphatic hydroxyl groups is 1. The number of nitrogens with one attached hydrogen (secondary N) is 2. The third kappa shape index (κ3) is 6.58. The van der Waals surface area contributed by atoms with Crippen molar-refractivity contribution in [3.63, 3.8) is 0 Å². The molecule has 0 aromatic rings. The van der Waals surface area contributed by atoms with Crippen molar-refractivity contribution >= 4 is 29.1 Å². The van der Waals surface area contributed by atoms with E-state index in [1.165, 1.54) is 0 Å². The van der Waals surface area contributed by atoms with Gasteiger partial charge in [0.15, 0.2) is 0 Å². The molecule has 0 spiro atoms. The van der Waals surface area contributed by atoms with E-state index in [0.29, 0.717) is 57.8 Å². The zero-order chi connectivity index (χ0) is 34.0. The van der Waals surface area contributed by atoms with E-state index in [1.807, 2.05) is 45.9 Å². The predicted octanol–water partition coefficient (Wildman–Crippen LogP) is 5.43.